The molecule has 1 rings (SSSR count). The molecule has 6 atom stereocenters. The van der Waals surface area contributed by atoms with Crippen LogP contribution >= 0.6 is 0 Å². The molecule has 1 aliphatic heterocycles. The van der Waals surface area contributed by atoms with Crippen LogP contribution < -0.4 is 0 Å². The molecule has 468 valence electrons. The maximum atomic E-state index is 13.2. The molecule has 3 N–H and O–H groups in total. The summed E-state index contributed by atoms with van der Waals surface area (Å²) < 4.78 is 28.5. The highest BCUT2D eigenvalue weighted by Crippen LogP contribution is 2.26. The number of carboxylic acids is 1. The molecule has 0 bridgehead atoms. The van der Waals surface area contributed by atoms with Gasteiger partial charge in [0.15, 0.2) is 24.6 Å². The number of esters is 3. The average molecular weight is 1160 g/mol. The normalized spacial score (nSPS) is 18.5. The molecule has 1 heterocycles. The Kier molecular flexibility index (Phi) is 52.4. The fourth-order valence-corrected chi connectivity index (χ4v) is 8.89. The van der Waals surface area contributed by atoms with Crippen molar-refractivity contribution in [2.45, 2.75) is 276 Å². The maximum absolute atomic E-state index is 13.2. The molecule has 83 heavy (non-hydrogen) atoms. The summed E-state index contributed by atoms with van der Waals surface area (Å²) in [5.74, 6) is -3.20. The monoisotopic (exact) mass is 1160 g/mol. The summed E-state index contributed by atoms with van der Waals surface area (Å²) in [6.45, 7) is 5.63. The minimum Gasteiger partial charge on any atom is -0.479 e. The van der Waals surface area contributed by atoms with Gasteiger partial charge in [0.05, 0.1) is 6.61 Å². The molecule has 0 spiro atoms. The van der Waals surface area contributed by atoms with Gasteiger partial charge in [0.25, 0.3) is 0 Å². The number of hydrogen-bond acceptors (Lipinski definition) is 11. The van der Waals surface area contributed by atoms with Gasteiger partial charge in [0.2, 0.25) is 0 Å². The molecule has 12 nitrogen and oxygen atoms in total. The maximum Gasteiger partial charge on any atom is 0.335 e. The number of carbonyl (C=O) groups excluding carboxylic acids is 3. The number of carboxylic acid groups (broad SMARTS) is 1. The van der Waals surface area contributed by atoms with E-state index in [-0.39, 0.29) is 25.9 Å². The fourth-order valence-electron chi connectivity index (χ4n) is 8.89. The summed E-state index contributed by atoms with van der Waals surface area (Å²) in [6.07, 6.45) is 68.3. The van der Waals surface area contributed by atoms with E-state index in [2.05, 4.69) is 154 Å². The molecule has 1 fully saturated rings. The molecular weight excluding hydrogens is 1040 g/mol. The molecule has 0 saturated carbocycles. The van der Waals surface area contributed by atoms with Gasteiger partial charge in [-0.2, -0.15) is 0 Å². The van der Waals surface area contributed by atoms with Gasteiger partial charge in [-0.25, -0.2) is 4.79 Å². The van der Waals surface area contributed by atoms with Crippen LogP contribution in [-0.2, 0) is 42.9 Å². The minimum absolute atomic E-state index is 0.0333. The summed E-state index contributed by atoms with van der Waals surface area (Å²) in [5, 5.41) is 31.6. The summed E-state index contributed by atoms with van der Waals surface area (Å²) in [5.41, 5.74) is 0. The van der Waals surface area contributed by atoms with E-state index in [0.717, 1.165) is 180 Å². The number of allylic oxidation sites excluding steroid dienone is 22. The highest BCUT2D eigenvalue weighted by molar-refractivity contribution is 5.74. The van der Waals surface area contributed by atoms with Crippen LogP contribution in [-0.4, -0.2) is 89.2 Å². The highest BCUT2D eigenvalue weighted by atomic mass is 16.7. The lowest BCUT2D eigenvalue weighted by molar-refractivity contribution is -0.301. The quantitative estimate of drug-likeness (QED) is 0.0228. The standard InChI is InChI=1S/C71H112O12/c1-4-7-10-13-16-19-22-25-28-31-32-35-38-41-44-47-50-53-56-59-65(74)82-69-67(76)66(75)68(70(77)78)83-71(69)80-61-62(81-64(73)58-55-52-49-46-43-40-37-34-30-27-24-21-18-15-12-9-6-3)60-79-63(72)57-54-51-48-45-42-39-36-33-29-26-23-20-17-14-11-8-5-2/h7-12,16-21,25-30,32,35-36,39,62,66-69,71,75-76H,4-6,13-15,22-24,31,33-34,37-38,40-61H2,1-3H3,(H,77,78)/b10-7-,11-8-,12-9-,19-16-,20-17-,21-18-,28-25-,29-26-,30-27-,35-32-,39-36-. The summed E-state index contributed by atoms with van der Waals surface area (Å²) in [7, 11) is 0. The number of carbonyl (C=O) groups is 4. The number of aliphatic hydroxyl groups is 2. The van der Waals surface area contributed by atoms with E-state index in [1.807, 2.05) is 0 Å². The van der Waals surface area contributed by atoms with Crippen molar-refractivity contribution in [2.75, 3.05) is 13.2 Å². The van der Waals surface area contributed by atoms with Gasteiger partial charge in [-0.3, -0.25) is 14.4 Å². The second kappa shape index (κ2) is 57.3. The molecule has 0 aliphatic carbocycles. The van der Waals surface area contributed by atoms with Crippen LogP contribution in [0.1, 0.15) is 239 Å². The lowest BCUT2D eigenvalue weighted by atomic mass is 9.98. The summed E-state index contributed by atoms with van der Waals surface area (Å²) >= 11 is 0. The number of rotatable bonds is 53. The smallest absolute Gasteiger partial charge is 0.335 e. The summed E-state index contributed by atoms with van der Waals surface area (Å²) in [4.78, 5) is 51.4. The molecule has 6 unspecified atom stereocenters. The molecule has 0 amide bonds. The molecule has 0 aromatic carbocycles. The van der Waals surface area contributed by atoms with Crippen LogP contribution in [0.4, 0.5) is 0 Å². The van der Waals surface area contributed by atoms with Crippen LogP contribution in [0.5, 0.6) is 0 Å². The van der Waals surface area contributed by atoms with Crippen molar-refractivity contribution < 1.29 is 58.2 Å². The Morgan fingerprint density at radius 1 is 0.398 bits per heavy atom. The third kappa shape index (κ3) is 46.9. The minimum atomic E-state index is -1.92. The van der Waals surface area contributed by atoms with Crippen LogP contribution in [0.25, 0.3) is 0 Å². The predicted octanol–water partition coefficient (Wildman–Crippen LogP) is 17.3. The zero-order valence-electron chi connectivity index (χ0n) is 51.6. The molecule has 0 radical (unpaired) electrons. The number of ether oxygens (including phenoxy) is 5. The van der Waals surface area contributed by atoms with Gasteiger partial charge in [-0.05, 0) is 128 Å². The van der Waals surface area contributed by atoms with Crippen LogP contribution in [0.3, 0.4) is 0 Å². The number of unbranched alkanes of at least 4 members (excludes halogenated alkanes) is 17. The van der Waals surface area contributed by atoms with Gasteiger partial charge >= 0.3 is 23.9 Å². The first-order valence-electron chi connectivity index (χ1n) is 32.2. The number of aliphatic hydroxyl groups excluding tert-OH is 2. The van der Waals surface area contributed by atoms with E-state index in [1.54, 1.807) is 0 Å². The van der Waals surface area contributed by atoms with E-state index in [9.17, 15) is 34.5 Å². The number of aliphatic carboxylic acids is 1. The van der Waals surface area contributed by atoms with Crippen molar-refractivity contribution in [3.05, 3.63) is 134 Å². The Hall–Kier alpha value is -5.14. The Morgan fingerprint density at radius 3 is 1.10 bits per heavy atom. The highest BCUT2D eigenvalue weighted by Gasteiger charge is 2.50. The topological polar surface area (TPSA) is 175 Å². The SMILES string of the molecule is CC/C=C\C/C=C\C/C=C\C/C=C\CCCCCCCCC(=O)OC1C(OCC(COC(=O)CCCCCC/C=C\C/C=C\C/C=C\C/C=C\CC)OC(=O)CCCCCCCCC/C=C\C/C=C\C/C=C\CC)OC(C(=O)O)C(O)C1O. The van der Waals surface area contributed by atoms with Crippen molar-refractivity contribution in [3.8, 4) is 0 Å². The number of hydrogen-bond donors (Lipinski definition) is 3. The van der Waals surface area contributed by atoms with Crippen LogP contribution in [0, 0.1) is 0 Å². The van der Waals surface area contributed by atoms with E-state index in [4.69, 9.17) is 23.7 Å². The van der Waals surface area contributed by atoms with E-state index < -0.39 is 67.3 Å². The first-order valence-corrected chi connectivity index (χ1v) is 32.2. The largest absolute Gasteiger partial charge is 0.479 e. The first-order chi connectivity index (χ1) is 40.6. The molecule has 1 saturated heterocycles. The summed E-state index contributed by atoms with van der Waals surface area (Å²) in [6, 6.07) is 0. The third-order valence-electron chi connectivity index (χ3n) is 13.7. The first kappa shape index (κ1) is 75.9. The van der Waals surface area contributed by atoms with Crippen molar-refractivity contribution >= 4 is 23.9 Å². The zero-order chi connectivity index (χ0) is 60.3. The van der Waals surface area contributed by atoms with Crippen LogP contribution in [0.2, 0.25) is 0 Å². The Bertz CT molecular complexity index is 1950. The lowest BCUT2D eigenvalue weighted by Gasteiger charge is -2.40. The Balaban J connectivity index is 2.70. The predicted molar refractivity (Wildman–Crippen MR) is 340 cm³/mol. The molecular formula is C71H112O12. The van der Waals surface area contributed by atoms with Gasteiger partial charge in [-0.1, -0.05) is 225 Å². The van der Waals surface area contributed by atoms with Crippen LogP contribution in [0.15, 0.2) is 134 Å². The van der Waals surface area contributed by atoms with Gasteiger partial charge < -0.3 is 39.0 Å². The molecule has 1 aliphatic rings. The van der Waals surface area contributed by atoms with Crippen molar-refractivity contribution in [1.29, 1.82) is 0 Å². The second-order valence-corrected chi connectivity index (χ2v) is 21.2. The molecule has 12 heteroatoms. The van der Waals surface area contributed by atoms with Gasteiger partial charge in [-0.15, -0.1) is 0 Å². The van der Waals surface area contributed by atoms with E-state index >= 15 is 0 Å². The third-order valence-corrected chi connectivity index (χ3v) is 13.7. The van der Waals surface area contributed by atoms with Gasteiger partial charge in [0, 0.05) is 19.3 Å². The van der Waals surface area contributed by atoms with E-state index in [1.165, 1.54) is 0 Å². The zero-order valence-corrected chi connectivity index (χ0v) is 51.6. The average Bonchev–Trinajstić information content (AvgIpc) is 3.55. The fraction of sp³-hybridized carbons (Fsp3) is 0.634. The molecule has 0 aromatic rings. The Morgan fingerprint density at radius 2 is 0.723 bits per heavy atom. The van der Waals surface area contributed by atoms with Crippen molar-refractivity contribution in [1.82, 2.24) is 0 Å². The molecule has 0 aromatic heterocycles. The lowest BCUT2D eigenvalue weighted by Crippen LogP contribution is -2.61. The van der Waals surface area contributed by atoms with Gasteiger partial charge in [0.1, 0.15) is 18.8 Å². The Labute approximate surface area is 502 Å². The van der Waals surface area contributed by atoms with Crippen molar-refractivity contribution in [2.24, 2.45) is 0 Å². The van der Waals surface area contributed by atoms with E-state index in [0.29, 0.717) is 19.3 Å². The second-order valence-electron chi connectivity index (χ2n) is 21.2. The van der Waals surface area contributed by atoms with Crippen molar-refractivity contribution in [3.63, 3.8) is 0 Å².